The lowest BCUT2D eigenvalue weighted by molar-refractivity contribution is 0.142. The summed E-state index contributed by atoms with van der Waals surface area (Å²) in [7, 11) is 0. The standard InChI is InChI=1S/C20H20ClN5O3S/c1-11(15-6-7-16(30-15)13-5-3-4-8-22-13)23-19-24-17(21)9-18(25-19)26-14(12(2)27)10-29-20(26)28/h3-9,11-12,14,27H,10H2,1-2H3,(H,23,24,25)/t11-,12+,14+/m0/s1. The zero-order valence-electron chi connectivity index (χ0n) is 16.3. The molecule has 2 N–H and O–H groups in total. The van der Waals surface area contributed by atoms with E-state index in [-0.39, 0.29) is 29.6 Å². The molecule has 1 aliphatic rings. The third-order valence-corrected chi connectivity index (χ3v) is 6.19. The molecule has 1 fully saturated rings. The SMILES string of the molecule is C[C@H](Nc1nc(Cl)cc(N2C(=O)OC[C@@H]2[C@@H](C)O)n1)c1ccc(-c2ccccn2)s1. The normalized spacial score (nSPS) is 18.2. The van der Waals surface area contributed by atoms with Crippen molar-refractivity contribution in [1.29, 1.82) is 0 Å². The van der Waals surface area contributed by atoms with Gasteiger partial charge in [0.05, 0.1) is 22.7 Å². The molecule has 1 saturated heterocycles. The zero-order chi connectivity index (χ0) is 21.3. The number of carbonyl (C=O) groups is 1. The van der Waals surface area contributed by atoms with Crippen molar-refractivity contribution >= 4 is 40.8 Å². The molecule has 0 spiro atoms. The summed E-state index contributed by atoms with van der Waals surface area (Å²) >= 11 is 7.80. The van der Waals surface area contributed by atoms with E-state index >= 15 is 0 Å². The first-order chi connectivity index (χ1) is 14.4. The van der Waals surface area contributed by atoms with Gasteiger partial charge in [0.25, 0.3) is 0 Å². The van der Waals surface area contributed by atoms with Crippen LogP contribution < -0.4 is 10.2 Å². The maximum absolute atomic E-state index is 12.2. The highest BCUT2D eigenvalue weighted by Crippen LogP contribution is 2.32. The first-order valence-electron chi connectivity index (χ1n) is 9.38. The highest BCUT2D eigenvalue weighted by atomic mass is 35.5. The number of anilines is 2. The average Bonchev–Trinajstić information content (AvgIpc) is 3.35. The van der Waals surface area contributed by atoms with Gasteiger partial charge in [0.1, 0.15) is 23.6 Å². The number of nitrogens with one attached hydrogen (secondary N) is 1. The number of hydrogen-bond donors (Lipinski definition) is 2. The van der Waals surface area contributed by atoms with Crippen molar-refractivity contribution in [2.45, 2.75) is 32.0 Å². The number of cyclic esters (lactones) is 1. The lowest BCUT2D eigenvalue weighted by atomic mass is 10.2. The highest BCUT2D eigenvalue weighted by molar-refractivity contribution is 7.15. The third-order valence-electron chi connectivity index (χ3n) is 4.71. The van der Waals surface area contributed by atoms with E-state index in [4.69, 9.17) is 16.3 Å². The van der Waals surface area contributed by atoms with Crippen LogP contribution in [0.25, 0.3) is 10.6 Å². The number of thiophene rings is 1. The molecule has 3 aromatic heterocycles. The van der Waals surface area contributed by atoms with Crippen molar-refractivity contribution in [2.24, 2.45) is 0 Å². The summed E-state index contributed by atoms with van der Waals surface area (Å²) in [5.41, 5.74) is 0.916. The van der Waals surface area contributed by atoms with Crippen LogP contribution in [0.1, 0.15) is 24.8 Å². The number of halogens is 1. The van der Waals surface area contributed by atoms with E-state index in [1.54, 1.807) is 24.5 Å². The number of carbonyl (C=O) groups excluding carboxylic acids is 1. The Bertz CT molecular complexity index is 1050. The second-order valence-electron chi connectivity index (χ2n) is 6.91. The Kier molecular flexibility index (Phi) is 5.85. The molecular weight excluding hydrogens is 426 g/mol. The van der Waals surface area contributed by atoms with Gasteiger partial charge in [-0.3, -0.25) is 9.88 Å². The molecule has 1 aliphatic heterocycles. The van der Waals surface area contributed by atoms with E-state index in [9.17, 15) is 9.90 Å². The molecule has 0 bridgehead atoms. The van der Waals surface area contributed by atoms with E-state index in [2.05, 4.69) is 20.3 Å². The predicted octanol–water partition coefficient (Wildman–Crippen LogP) is 4.13. The molecule has 3 aromatic rings. The van der Waals surface area contributed by atoms with Crippen molar-refractivity contribution in [2.75, 3.05) is 16.8 Å². The van der Waals surface area contributed by atoms with Gasteiger partial charge in [-0.15, -0.1) is 11.3 Å². The van der Waals surface area contributed by atoms with Gasteiger partial charge in [0.15, 0.2) is 0 Å². The number of ether oxygens (including phenoxy) is 1. The van der Waals surface area contributed by atoms with Crippen LogP contribution in [0.15, 0.2) is 42.6 Å². The van der Waals surface area contributed by atoms with Gasteiger partial charge in [-0.25, -0.2) is 9.78 Å². The van der Waals surface area contributed by atoms with Gasteiger partial charge in [-0.05, 0) is 38.1 Å². The van der Waals surface area contributed by atoms with Gasteiger partial charge >= 0.3 is 6.09 Å². The van der Waals surface area contributed by atoms with E-state index in [0.717, 1.165) is 15.4 Å². The van der Waals surface area contributed by atoms with Crippen LogP contribution in [0.2, 0.25) is 5.15 Å². The number of hydrogen-bond acceptors (Lipinski definition) is 8. The molecule has 156 valence electrons. The van der Waals surface area contributed by atoms with Crippen LogP contribution in [0, 0.1) is 0 Å². The maximum atomic E-state index is 12.2. The van der Waals surface area contributed by atoms with E-state index in [0.29, 0.717) is 0 Å². The Morgan fingerprint density at radius 3 is 2.87 bits per heavy atom. The second-order valence-corrected chi connectivity index (χ2v) is 8.41. The number of aromatic nitrogens is 3. The first-order valence-corrected chi connectivity index (χ1v) is 10.6. The average molecular weight is 446 g/mol. The van der Waals surface area contributed by atoms with Crippen molar-refractivity contribution in [3.05, 3.63) is 52.6 Å². The summed E-state index contributed by atoms with van der Waals surface area (Å²) in [5.74, 6) is 0.556. The van der Waals surface area contributed by atoms with Gasteiger partial charge in [0.2, 0.25) is 5.95 Å². The van der Waals surface area contributed by atoms with Crippen molar-refractivity contribution in [3.63, 3.8) is 0 Å². The molecule has 8 nitrogen and oxygen atoms in total. The van der Waals surface area contributed by atoms with Crippen LogP contribution in [-0.4, -0.2) is 44.9 Å². The van der Waals surface area contributed by atoms with Crippen LogP contribution >= 0.6 is 22.9 Å². The van der Waals surface area contributed by atoms with E-state index < -0.39 is 18.2 Å². The molecule has 1 amide bonds. The number of rotatable bonds is 6. The van der Waals surface area contributed by atoms with Crippen molar-refractivity contribution < 1.29 is 14.6 Å². The minimum absolute atomic E-state index is 0.0861. The second kappa shape index (κ2) is 8.55. The topological polar surface area (TPSA) is 100 Å². The summed E-state index contributed by atoms with van der Waals surface area (Å²) in [4.78, 5) is 28.6. The fourth-order valence-corrected chi connectivity index (χ4v) is 4.31. The Morgan fingerprint density at radius 2 is 2.13 bits per heavy atom. The lowest BCUT2D eigenvalue weighted by Crippen LogP contribution is -2.41. The van der Waals surface area contributed by atoms with Gasteiger partial charge in [-0.1, -0.05) is 17.7 Å². The largest absolute Gasteiger partial charge is 0.447 e. The summed E-state index contributed by atoms with van der Waals surface area (Å²) in [6, 6.07) is 10.7. The molecule has 0 saturated carbocycles. The molecule has 4 heterocycles. The summed E-state index contributed by atoms with van der Waals surface area (Å²) in [6.07, 6.45) is 0.409. The molecule has 30 heavy (non-hydrogen) atoms. The van der Waals surface area contributed by atoms with Crippen molar-refractivity contribution in [1.82, 2.24) is 15.0 Å². The molecule has 0 aliphatic carbocycles. The molecule has 3 atom stereocenters. The Balaban J connectivity index is 1.55. The minimum Gasteiger partial charge on any atom is -0.447 e. The zero-order valence-corrected chi connectivity index (χ0v) is 17.9. The molecule has 0 unspecified atom stereocenters. The Hall–Kier alpha value is -2.75. The fourth-order valence-electron chi connectivity index (χ4n) is 3.14. The number of aliphatic hydroxyl groups excluding tert-OH is 1. The molecule has 10 heteroatoms. The smallest absolute Gasteiger partial charge is 0.416 e. The Labute approximate surface area is 182 Å². The van der Waals surface area contributed by atoms with Gasteiger partial charge in [0, 0.05) is 17.1 Å². The fraction of sp³-hybridized carbons (Fsp3) is 0.300. The summed E-state index contributed by atoms with van der Waals surface area (Å²) in [5, 5.41) is 13.4. The molecule has 4 rings (SSSR count). The highest BCUT2D eigenvalue weighted by Gasteiger charge is 2.38. The molecular formula is C20H20ClN5O3S. The first kappa shape index (κ1) is 20.5. The monoisotopic (exact) mass is 445 g/mol. The molecule has 0 radical (unpaired) electrons. The van der Waals surface area contributed by atoms with Gasteiger partial charge in [-0.2, -0.15) is 4.98 Å². The number of amides is 1. The predicted molar refractivity (Wildman–Crippen MR) is 116 cm³/mol. The quantitative estimate of drug-likeness (QED) is 0.550. The summed E-state index contributed by atoms with van der Waals surface area (Å²) in [6.45, 7) is 3.67. The third kappa shape index (κ3) is 4.23. The Morgan fingerprint density at radius 1 is 1.30 bits per heavy atom. The number of nitrogens with zero attached hydrogens (tertiary/aromatic N) is 4. The number of aliphatic hydroxyl groups is 1. The van der Waals surface area contributed by atoms with Gasteiger partial charge < -0.3 is 15.2 Å². The number of pyridine rings is 1. The van der Waals surface area contributed by atoms with Crippen LogP contribution in [0.3, 0.4) is 0 Å². The maximum Gasteiger partial charge on any atom is 0.416 e. The van der Waals surface area contributed by atoms with Crippen LogP contribution in [-0.2, 0) is 4.74 Å². The van der Waals surface area contributed by atoms with Crippen LogP contribution in [0.5, 0.6) is 0 Å². The van der Waals surface area contributed by atoms with E-state index in [1.807, 2.05) is 37.3 Å². The van der Waals surface area contributed by atoms with Crippen molar-refractivity contribution in [3.8, 4) is 10.6 Å². The van der Waals surface area contributed by atoms with Crippen LogP contribution in [0.4, 0.5) is 16.6 Å². The minimum atomic E-state index is -0.781. The molecule has 0 aromatic carbocycles. The van der Waals surface area contributed by atoms with E-state index in [1.165, 1.54) is 11.0 Å². The summed E-state index contributed by atoms with van der Waals surface area (Å²) < 4.78 is 5.07. The lowest BCUT2D eigenvalue weighted by Gasteiger charge is -2.23.